The van der Waals surface area contributed by atoms with Crippen molar-refractivity contribution in [3.8, 4) is 0 Å². The van der Waals surface area contributed by atoms with Crippen molar-refractivity contribution in [2.45, 2.75) is 69.9 Å². The molecule has 1 N–H and O–H groups in total. The van der Waals surface area contributed by atoms with Crippen LogP contribution >= 0.6 is 11.3 Å². The van der Waals surface area contributed by atoms with Crippen molar-refractivity contribution in [2.75, 3.05) is 19.6 Å². The Kier molecular flexibility index (Phi) is 5.55. The number of likely N-dealkylation sites (tertiary alicyclic amines) is 2. The van der Waals surface area contributed by atoms with Crippen molar-refractivity contribution in [3.63, 3.8) is 0 Å². The quantitative estimate of drug-likeness (QED) is 0.863. The number of nitrogens with zero attached hydrogens (tertiary/aromatic N) is 2. The third-order valence-corrected chi connectivity index (χ3v) is 7.76. The molecule has 0 unspecified atom stereocenters. The highest BCUT2D eigenvalue weighted by molar-refractivity contribution is 7.10. The van der Waals surface area contributed by atoms with E-state index in [2.05, 4.69) is 4.90 Å². The Hall–Kier alpha value is -1.40. The fourth-order valence-electron chi connectivity index (χ4n) is 5.06. The topological polar surface area (TPSA) is 60.9 Å². The monoisotopic (exact) mass is 390 g/mol. The molecule has 0 bridgehead atoms. The molecule has 4 rings (SSSR count). The standard InChI is InChI=1S/C21H30N2O3S/c24-17-5-3-16(4-6-17)23-15-21(8-7-19(23)25)9-11-22(12-10-21)20(26)14-18-2-1-13-27-18/h1-2,13,16-17,24H,3-12,14-15H2. The fraction of sp³-hybridized carbons (Fsp3) is 0.714. The van der Waals surface area contributed by atoms with Gasteiger partial charge in [0, 0.05) is 37.0 Å². The van der Waals surface area contributed by atoms with Crippen LogP contribution in [0.5, 0.6) is 0 Å². The molecule has 27 heavy (non-hydrogen) atoms. The molecule has 1 saturated carbocycles. The van der Waals surface area contributed by atoms with Crippen molar-refractivity contribution in [3.05, 3.63) is 22.4 Å². The van der Waals surface area contributed by atoms with Crippen LogP contribution in [0.4, 0.5) is 0 Å². The number of carbonyl (C=O) groups is 2. The van der Waals surface area contributed by atoms with Crippen molar-refractivity contribution in [1.82, 2.24) is 9.80 Å². The molecule has 6 heteroatoms. The molecule has 1 aromatic rings. The summed E-state index contributed by atoms with van der Waals surface area (Å²) in [6.07, 6.45) is 7.41. The minimum Gasteiger partial charge on any atom is -0.393 e. The highest BCUT2D eigenvalue weighted by Crippen LogP contribution is 2.42. The minimum atomic E-state index is -0.187. The van der Waals surface area contributed by atoms with E-state index in [9.17, 15) is 14.7 Å². The summed E-state index contributed by atoms with van der Waals surface area (Å²) in [5, 5.41) is 11.8. The summed E-state index contributed by atoms with van der Waals surface area (Å²) in [6.45, 7) is 2.48. The van der Waals surface area contributed by atoms with Crippen LogP contribution in [0.1, 0.15) is 56.2 Å². The second kappa shape index (κ2) is 7.92. The molecule has 3 heterocycles. The first-order valence-corrected chi connectivity index (χ1v) is 11.2. The predicted octanol–water partition coefficient (Wildman–Crippen LogP) is 2.83. The first kappa shape index (κ1) is 18.9. The van der Waals surface area contributed by atoms with Gasteiger partial charge in [0.1, 0.15) is 0 Å². The average Bonchev–Trinajstić information content (AvgIpc) is 3.18. The molecule has 5 nitrogen and oxygen atoms in total. The number of amides is 2. The molecule has 2 amide bonds. The maximum absolute atomic E-state index is 12.6. The molecule has 1 aromatic heterocycles. The molecule has 0 atom stereocenters. The predicted molar refractivity (Wildman–Crippen MR) is 105 cm³/mol. The van der Waals surface area contributed by atoms with E-state index in [0.29, 0.717) is 24.8 Å². The van der Waals surface area contributed by atoms with Crippen molar-refractivity contribution < 1.29 is 14.7 Å². The van der Waals surface area contributed by atoms with E-state index >= 15 is 0 Å². The molecule has 1 aliphatic carbocycles. The Morgan fingerprint density at radius 1 is 1.19 bits per heavy atom. The number of thiophene rings is 1. The smallest absolute Gasteiger partial charge is 0.227 e. The Bertz CT molecular complexity index is 659. The molecule has 3 fully saturated rings. The van der Waals surface area contributed by atoms with E-state index in [-0.39, 0.29) is 17.4 Å². The van der Waals surface area contributed by atoms with Gasteiger partial charge in [-0.3, -0.25) is 9.59 Å². The van der Waals surface area contributed by atoms with Crippen LogP contribution in [0.25, 0.3) is 0 Å². The summed E-state index contributed by atoms with van der Waals surface area (Å²) >= 11 is 1.64. The van der Waals surface area contributed by atoms with E-state index in [1.807, 2.05) is 22.4 Å². The summed E-state index contributed by atoms with van der Waals surface area (Å²) in [6, 6.07) is 4.33. The molecule has 1 spiro atoms. The van der Waals surface area contributed by atoms with Gasteiger partial charge in [0.25, 0.3) is 0 Å². The third-order valence-electron chi connectivity index (χ3n) is 6.88. The number of aliphatic hydroxyl groups is 1. The second-order valence-electron chi connectivity index (χ2n) is 8.62. The summed E-state index contributed by atoms with van der Waals surface area (Å²) in [7, 11) is 0. The molecule has 2 saturated heterocycles. The van der Waals surface area contributed by atoms with Gasteiger partial charge in [-0.05, 0) is 61.8 Å². The Morgan fingerprint density at radius 2 is 1.93 bits per heavy atom. The average molecular weight is 391 g/mol. The first-order chi connectivity index (χ1) is 13.0. The lowest BCUT2D eigenvalue weighted by Gasteiger charge is -2.50. The maximum atomic E-state index is 12.6. The van der Waals surface area contributed by atoms with Crippen LogP contribution in [0.15, 0.2) is 17.5 Å². The number of hydrogen-bond donors (Lipinski definition) is 1. The van der Waals surface area contributed by atoms with E-state index in [1.54, 1.807) is 11.3 Å². The second-order valence-corrected chi connectivity index (χ2v) is 9.65. The van der Waals surface area contributed by atoms with Gasteiger partial charge in [-0.1, -0.05) is 6.07 Å². The van der Waals surface area contributed by atoms with E-state index in [0.717, 1.165) is 69.5 Å². The van der Waals surface area contributed by atoms with Gasteiger partial charge in [-0.15, -0.1) is 11.3 Å². The first-order valence-electron chi connectivity index (χ1n) is 10.3. The van der Waals surface area contributed by atoms with Crippen LogP contribution in [0.2, 0.25) is 0 Å². The van der Waals surface area contributed by atoms with Gasteiger partial charge < -0.3 is 14.9 Å². The van der Waals surface area contributed by atoms with Crippen LogP contribution in [0, 0.1) is 5.41 Å². The molecular formula is C21H30N2O3S. The van der Waals surface area contributed by atoms with E-state index < -0.39 is 0 Å². The van der Waals surface area contributed by atoms with Crippen molar-refractivity contribution in [1.29, 1.82) is 0 Å². The van der Waals surface area contributed by atoms with Crippen molar-refractivity contribution in [2.24, 2.45) is 5.41 Å². The van der Waals surface area contributed by atoms with Crippen molar-refractivity contribution >= 4 is 23.2 Å². The summed E-state index contributed by atoms with van der Waals surface area (Å²) in [5.41, 5.74) is 0.184. The zero-order chi connectivity index (χ0) is 18.9. The number of carbonyl (C=O) groups excluding carboxylic acids is 2. The van der Waals surface area contributed by atoms with E-state index in [1.165, 1.54) is 0 Å². The molecule has 0 aromatic carbocycles. The number of rotatable bonds is 3. The fourth-order valence-corrected chi connectivity index (χ4v) is 5.76. The lowest BCUT2D eigenvalue weighted by atomic mass is 9.71. The number of aliphatic hydroxyl groups excluding tert-OH is 1. The van der Waals surface area contributed by atoms with Gasteiger partial charge in [-0.25, -0.2) is 0 Å². The third kappa shape index (κ3) is 4.21. The Balaban J connectivity index is 1.34. The van der Waals surface area contributed by atoms with Crippen LogP contribution in [-0.2, 0) is 16.0 Å². The van der Waals surface area contributed by atoms with Gasteiger partial charge in [0.2, 0.25) is 11.8 Å². The highest BCUT2D eigenvalue weighted by Gasteiger charge is 2.43. The van der Waals surface area contributed by atoms with Gasteiger partial charge >= 0.3 is 0 Å². The summed E-state index contributed by atoms with van der Waals surface area (Å²) < 4.78 is 0. The highest BCUT2D eigenvalue weighted by atomic mass is 32.1. The van der Waals surface area contributed by atoms with Crippen LogP contribution in [0.3, 0.4) is 0 Å². The van der Waals surface area contributed by atoms with Gasteiger partial charge in [0.15, 0.2) is 0 Å². The normalized spacial score (nSPS) is 28.6. The minimum absolute atomic E-state index is 0.184. The molecule has 0 radical (unpaired) electrons. The molecule has 148 valence electrons. The maximum Gasteiger partial charge on any atom is 0.227 e. The summed E-state index contributed by atoms with van der Waals surface area (Å²) in [5.74, 6) is 0.524. The molecular weight excluding hydrogens is 360 g/mol. The number of hydrogen-bond acceptors (Lipinski definition) is 4. The Morgan fingerprint density at radius 3 is 2.59 bits per heavy atom. The molecule has 3 aliphatic rings. The number of piperidine rings is 2. The zero-order valence-electron chi connectivity index (χ0n) is 15.9. The summed E-state index contributed by atoms with van der Waals surface area (Å²) in [4.78, 5) is 30.4. The largest absolute Gasteiger partial charge is 0.393 e. The zero-order valence-corrected chi connectivity index (χ0v) is 16.8. The lowest BCUT2D eigenvalue weighted by Crippen LogP contribution is -2.55. The SMILES string of the molecule is O=C(Cc1cccs1)N1CCC2(CCC(=O)N(C3CCC(O)CC3)C2)CC1. The van der Waals surface area contributed by atoms with E-state index in [4.69, 9.17) is 0 Å². The molecule has 2 aliphatic heterocycles. The van der Waals surface area contributed by atoms with Crippen LogP contribution < -0.4 is 0 Å². The van der Waals surface area contributed by atoms with Gasteiger partial charge in [0.05, 0.1) is 12.5 Å². The Labute approximate surface area is 165 Å². The lowest BCUT2D eigenvalue weighted by molar-refractivity contribution is -0.146. The van der Waals surface area contributed by atoms with Gasteiger partial charge in [-0.2, -0.15) is 0 Å². The van der Waals surface area contributed by atoms with Crippen LogP contribution in [-0.4, -0.2) is 58.5 Å².